The Labute approximate surface area is 120 Å². The lowest BCUT2D eigenvalue weighted by Gasteiger charge is -2.43. The summed E-state index contributed by atoms with van der Waals surface area (Å²) in [7, 11) is 0. The van der Waals surface area contributed by atoms with Gasteiger partial charge in [-0.2, -0.15) is 0 Å². The highest BCUT2D eigenvalue weighted by atomic mass is 16.4. The molecule has 0 unspecified atom stereocenters. The molecule has 20 heavy (non-hydrogen) atoms. The van der Waals surface area contributed by atoms with Gasteiger partial charge >= 0.3 is 12.0 Å². The third-order valence-corrected chi connectivity index (χ3v) is 4.42. The van der Waals surface area contributed by atoms with Gasteiger partial charge in [-0.05, 0) is 33.1 Å². The molecule has 0 aromatic rings. The van der Waals surface area contributed by atoms with Crippen LogP contribution in [0.2, 0.25) is 0 Å². The Bertz CT molecular complexity index is 357. The fourth-order valence-electron chi connectivity index (χ4n) is 3.25. The smallest absolute Gasteiger partial charge is 0.320 e. The van der Waals surface area contributed by atoms with Crippen LogP contribution in [0, 0.1) is 0 Å². The molecule has 0 saturated carbocycles. The number of nitrogens with zero attached hydrogens (tertiary/aromatic N) is 3. The molecule has 2 atom stereocenters. The monoisotopic (exact) mass is 283 g/mol. The van der Waals surface area contributed by atoms with E-state index in [4.69, 9.17) is 5.11 Å². The molecule has 0 aromatic carbocycles. The highest BCUT2D eigenvalue weighted by Crippen LogP contribution is 2.24. The molecular weight excluding hydrogens is 258 g/mol. The van der Waals surface area contributed by atoms with Gasteiger partial charge in [0.1, 0.15) is 0 Å². The van der Waals surface area contributed by atoms with E-state index in [2.05, 4.69) is 13.8 Å². The SMILES string of the molecule is C[C@@H]1CCC[C@H](C)N1C(=O)N1CCN(CC(=O)O)CC1. The van der Waals surface area contributed by atoms with Crippen LogP contribution in [-0.4, -0.2) is 76.6 Å². The van der Waals surface area contributed by atoms with Gasteiger partial charge in [0, 0.05) is 38.3 Å². The molecule has 2 aliphatic heterocycles. The molecule has 0 radical (unpaired) electrons. The van der Waals surface area contributed by atoms with E-state index in [1.54, 1.807) is 0 Å². The van der Waals surface area contributed by atoms with Crippen molar-refractivity contribution in [1.29, 1.82) is 0 Å². The van der Waals surface area contributed by atoms with E-state index in [1.165, 1.54) is 6.42 Å². The second-order valence-electron chi connectivity index (χ2n) is 5.98. The third-order valence-electron chi connectivity index (χ3n) is 4.42. The van der Waals surface area contributed by atoms with Crippen LogP contribution in [0.25, 0.3) is 0 Å². The van der Waals surface area contributed by atoms with Crippen LogP contribution in [0.3, 0.4) is 0 Å². The molecule has 6 heteroatoms. The largest absolute Gasteiger partial charge is 0.480 e. The normalized spacial score (nSPS) is 28.5. The molecule has 0 aromatic heterocycles. The highest BCUT2D eigenvalue weighted by Gasteiger charge is 2.33. The molecule has 114 valence electrons. The quantitative estimate of drug-likeness (QED) is 0.823. The van der Waals surface area contributed by atoms with Crippen LogP contribution in [0.5, 0.6) is 0 Å². The summed E-state index contributed by atoms with van der Waals surface area (Å²) < 4.78 is 0. The van der Waals surface area contributed by atoms with Gasteiger partial charge in [-0.15, -0.1) is 0 Å². The lowest BCUT2D eigenvalue weighted by molar-refractivity contribution is -0.138. The first-order valence-corrected chi connectivity index (χ1v) is 7.50. The molecule has 0 spiro atoms. The van der Waals surface area contributed by atoms with E-state index in [0.29, 0.717) is 38.3 Å². The standard InChI is InChI=1S/C14H25N3O3/c1-11-4-3-5-12(2)17(11)14(20)16-8-6-15(7-9-16)10-13(18)19/h11-12H,3-10H2,1-2H3,(H,18,19)/t11-,12+. The van der Waals surface area contributed by atoms with Gasteiger partial charge in [-0.3, -0.25) is 9.69 Å². The lowest BCUT2D eigenvalue weighted by atomic mass is 9.98. The van der Waals surface area contributed by atoms with Crippen LogP contribution < -0.4 is 0 Å². The molecule has 0 aliphatic carbocycles. The number of carbonyl (C=O) groups excluding carboxylic acids is 1. The molecule has 2 amide bonds. The van der Waals surface area contributed by atoms with Crippen molar-refractivity contribution in [3.63, 3.8) is 0 Å². The van der Waals surface area contributed by atoms with Crippen molar-refractivity contribution in [2.24, 2.45) is 0 Å². The van der Waals surface area contributed by atoms with Crippen molar-refractivity contribution in [1.82, 2.24) is 14.7 Å². The number of carbonyl (C=O) groups is 2. The maximum Gasteiger partial charge on any atom is 0.320 e. The average Bonchev–Trinajstić information content (AvgIpc) is 2.38. The second-order valence-corrected chi connectivity index (χ2v) is 5.98. The van der Waals surface area contributed by atoms with Gasteiger partial charge in [-0.25, -0.2) is 4.79 Å². The summed E-state index contributed by atoms with van der Waals surface area (Å²) in [6.45, 7) is 6.86. The van der Waals surface area contributed by atoms with Crippen molar-refractivity contribution >= 4 is 12.0 Å². The molecule has 2 saturated heterocycles. The van der Waals surface area contributed by atoms with E-state index in [1.807, 2.05) is 14.7 Å². The number of likely N-dealkylation sites (tertiary alicyclic amines) is 1. The van der Waals surface area contributed by atoms with Crippen LogP contribution in [0.1, 0.15) is 33.1 Å². The van der Waals surface area contributed by atoms with Crippen LogP contribution in [0.4, 0.5) is 4.79 Å². The molecule has 6 nitrogen and oxygen atoms in total. The zero-order chi connectivity index (χ0) is 14.7. The first-order chi connectivity index (χ1) is 9.49. The van der Waals surface area contributed by atoms with Crippen molar-refractivity contribution in [2.45, 2.75) is 45.2 Å². The zero-order valence-electron chi connectivity index (χ0n) is 12.4. The summed E-state index contributed by atoms with van der Waals surface area (Å²) in [5.74, 6) is -0.803. The van der Waals surface area contributed by atoms with E-state index in [0.717, 1.165) is 12.8 Å². The summed E-state index contributed by atoms with van der Waals surface area (Å²) in [6, 6.07) is 0.742. The topological polar surface area (TPSA) is 64.1 Å². The summed E-state index contributed by atoms with van der Waals surface area (Å²) in [4.78, 5) is 29.1. The lowest BCUT2D eigenvalue weighted by Crippen LogP contribution is -2.57. The van der Waals surface area contributed by atoms with E-state index in [-0.39, 0.29) is 12.6 Å². The number of carboxylic acids is 1. The van der Waals surface area contributed by atoms with E-state index in [9.17, 15) is 9.59 Å². The number of piperidine rings is 1. The molecular formula is C14H25N3O3. The van der Waals surface area contributed by atoms with Crippen molar-refractivity contribution < 1.29 is 14.7 Å². The predicted octanol–water partition coefficient (Wildman–Crippen LogP) is 1.07. The minimum absolute atomic E-state index is 0.0680. The second kappa shape index (κ2) is 6.43. The van der Waals surface area contributed by atoms with Gasteiger partial charge < -0.3 is 14.9 Å². The summed E-state index contributed by atoms with van der Waals surface area (Å²) in [5, 5.41) is 8.78. The predicted molar refractivity (Wildman–Crippen MR) is 75.7 cm³/mol. The maximum absolute atomic E-state index is 12.6. The van der Waals surface area contributed by atoms with E-state index < -0.39 is 5.97 Å². The van der Waals surface area contributed by atoms with Gasteiger partial charge in [0.2, 0.25) is 0 Å². The van der Waals surface area contributed by atoms with Gasteiger partial charge in [0.15, 0.2) is 0 Å². The Hall–Kier alpha value is -1.30. The van der Waals surface area contributed by atoms with Crippen LogP contribution in [-0.2, 0) is 4.79 Å². The number of amides is 2. The fourth-order valence-corrected chi connectivity index (χ4v) is 3.25. The zero-order valence-corrected chi connectivity index (χ0v) is 12.4. The number of hydrogen-bond donors (Lipinski definition) is 1. The number of piperazine rings is 1. The number of urea groups is 1. The summed E-state index contributed by atoms with van der Waals surface area (Å²) in [5.41, 5.74) is 0. The number of hydrogen-bond acceptors (Lipinski definition) is 3. The van der Waals surface area contributed by atoms with Crippen LogP contribution in [0.15, 0.2) is 0 Å². The maximum atomic E-state index is 12.6. The fraction of sp³-hybridized carbons (Fsp3) is 0.857. The van der Waals surface area contributed by atoms with Crippen molar-refractivity contribution in [3.05, 3.63) is 0 Å². The third kappa shape index (κ3) is 3.42. The molecule has 1 N–H and O–H groups in total. The average molecular weight is 283 g/mol. The van der Waals surface area contributed by atoms with Gasteiger partial charge in [0.25, 0.3) is 0 Å². The van der Waals surface area contributed by atoms with Gasteiger partial charge in [-0.1, -0.05) is 0 Å². The molecule has 2 rings (SSSR count). The Morgan fingerprint density at radius 3 is 2.10 bits per heavy atom. The Kier molecular flexibility index (Phi) is 4.86. The number of aliphatic carboxylic acids is 1. The first-order valence-electron chi connectivity index (χ1n) is 7.50. The Morgan fingerprint density at radius 2 is 1.60 bits per heavy atom. The Balaban J connectivity index is 1.89. The molecule has 2 heterocycles. The van der Waals surface area contributed by atoms with Gasteiger partial charge in [0.05, 0.1) is 6.54 Å². The molecule has 0 bridgehead atoms. The Morgan fingerprint density at radius 1 is 1.05 bits per heavy atom. The molecule has 2 aliphatic rings. The number of carboxylic acid groups (broad SMARTS) is 1. The van der Waals surface area contributed by atoms with Crippen LogP contribution >= 0.6 is 0 Å². The summed E-state index contributed by atoms with van der Waals surface area (Å²) >= 11 is 0. The molecule has 2 fully saturated rings. The van der Waals surface area contributed by atoms with E-state index >= 15 is 0 Å². The summed E-state index contributed by atoms with van der Waals surface area (Å²) in [6.07, 6.45) is 3.35. The highest BCUT2D eigenvalue weighted by molar-refractivity contribution is 5.75. The first kappa shape index (κ1) is 15.1. The number of rotatable bonds is 2. The minimum Gasteiger partial charge on any atom is -0.480 e. The minimum atomic E-state index is -0.803. The van der Waals surface area contributed by atoms with Crippen molar-refractivity contribution in [2.75, 3.05) is 32.7 Å². The van der Waals surface area contributed by atoms with Crippen molar-refractivity contribution in [3.8, 4) is 0 Å².